The van der Waals surface area contributed by atoms with Crippen LogP contribution >= 0.6 is 11.8 Å². The fourth-order valence-electron chi connectivity index (χ4n) is 1.53. The van der Waals surface area contributed by atoms with Crippen LogP contribution in [-0.2, 0) is 4.79 Å². The molecule has 2 rings (SSSR count). The monoisotopic (exact) mass is 173 g/mol. The lowest BCUT2D eigenvalue weighted by Crippen LogP contribution is -2.60. The SMILES string of the molecule is CCC1CN2C(=O)C(O)[C@H]2S1. The second-order valence-electron chi connectivity index (χ2n) is 2.99. The number of amides is 1. The van der Waals surface area contributed by atoms with E-state index >= 15 is 0 Å². The number of aliphatic hydroxyl groups is 1. The molecule has 62 valence electrons. The molecule has 2 heterocycles. The van der Waals surface area contributed by atoms with Crippen molar-refractivity contribution in [2.45, 2.75) is 30.1 Å². The van der Waals surface area contributed by atoms with Crippen molar-refractivity contribution in [2.24, 2.45) is 0 Å². The Morgan fingerprint density at radius 3 is 3.09 bits per heavy atom. The molecule has 0 aromatic heterocycles. The molecule has 0 spiro atoms. The van der Waals surface area contributed by atoms with Gasteiger partial charge in [-0.15, -0.1) is 11.8 Å². The molecule has 0 bridgehead atoms. The summed E-state index contributed by atoms with van der Waals surface area (Å²) in [5, 5.41) is 9.81. The highest BCUT2D eigenvalue weighted by Crippen LogP contribution is 2.40. The maximum Gasteiger partial charge on any atom is 0.255 e. The van der Waals surface area contributed by atoms with E-state index in [0.29, 0.717) is 5.25 Å². The van der Waals surface area contributed by atoms with Crippen LogP contribution in [-0.4, -0.2) is 39.2 Å². The van der Waals surface area contributed by atoms with Crippen molar-refractivity contribution in [3.8, 4) is 0 Å². The van der Waals surface area contributed by atoms with Gasteiger partial charge in [0.2, 0.25) is 0 Å². The summed E-state index contributed by atoms with van der Waals surface area (Å²) in [7, 11) is 0. The van der Waals surface area contributed by atoms with Crippen molar-refractivity contribution in [2.75, 3.05) is 6.54 Å². The highest BCUT2D eigenvalue weighted by molar-refractivity contribution is 8.01. The Balaban J connectivity index is 2.03. The molecule has 3 atom stereocenters. The molecule has 0 aromatic carbocycles. The summed E-state index contributed by atoms with van der Waals surface area (Å²) < 4.78 is 0. The number of carbonyl (C=O) groups is 1. The van der Waals surface area contributed by atoms with Gasteiger partial charge in [0.25, 0.3) is 5.91 Å². The molecule has 0 aliphatic carbocycles. The van der Waals surface area contributed by atoms with Gasteiger partial charge in [0.15, 0.2) is 6.10 Å². The second kappa shape index (κ2) is 2.38. The van der Waals surface area contributed by atoms with Crippen molar-refractivity contribution < 1.29 is 9.90 Å². The van der Waals surface area contributed by atoms with Gasteiger partial charge in [0.05, 0.1) is 0 Å². The van der Waals surface area contributed by atoms with Gasteiger partial charge in [-0.05, 0) is 6.42 Å². The maximum absolute atomic E-state index is 11.0. The standard InChI is InChI=1S/C7H11NO2S/c1-2-4-3-8-6(10)5(9)7(8)11-4/h4-5,7,9H,2-3H2,1H3/t4?,5?,7-/m1/s1. The third-order valence-corrected chi connectivity index (χ3v) is 3.96. The van der Waals surface area contributed by atoms with Crippen LogP contribution in [0.3, 0.4) is 0 Å². The number of fused-ring (bicyclic) bond motifs is 1. The van der Waals surface area contributed by atoms with E-state index in [0.717, 1.165) is 13.0 Å². The summed E-state index contributed by atoms with van der Waals surface area (Å²) in [4.78, 5) is 12.7. The Kier molecular flexibility index (Phi) is 1.61. The first-order valence-corrected chi connectivity index (χ1v) is 4.82. The minimum Gasteiger partial charge on any atom is -0.380 e. The molecule has 2 fully saturated rings. The number of thioether (sulfide) groups is 1. The minimum absolute atomic E-state index is 0.0763. The first-order chi connectivity index (χ1) is 5.24. The largest absolute Gasteiger partial charge is 0.380 e. The summed E-state index contributed by atoms with van der Waals surface area (Å²) in [5.74, 6) is -0.0848. The van der Waals surface area contributed by atoms with Crippen LogP contribution in [0.4, 0.5) is 0 Å². The van der Waals surface area contributed by atoms with E-state index in [-0.39, 0.29) is 11.3 Å². The molecule has 11 heavy (non-hydrogen) atoms. The maximum atomic E-state index is 11.0. The first-order valence-electron chi connectivity index (χ1n) is 3.88. The molecule has 1 amide bonds. The van der Waals surface area contributed by atoms with E-state index in [9.17, 15) is 9.90 Å². The van der Waals surface area contributed by atoms with Crippen LogP contribution in [0, 0.1) is 0 Å². The summed E-state index contributed by atoms with van der Waals surface area (Å²) in [5.41, 5.74) is 0. The number of rotatable bonds is 1. The fourth-order valence-corrected chi connectivity index (χ4v) is 2.97. The van der Waals surface area contributed by atoms with Gasteiger partial charge < -0.3 is 10.0 Å². The van der Waals surface area contributed by atoms with Crippen molar-refractivity contribution in [3.63, 3.8) is 0 Å². The Hall–Kier alpha value is -0.220. The molecule has 0 saturated carbocycles. The Bertz CT molecular complexity index is 197. The van der Waals surface area contributed by atoms with Gasteiger partial charge >= 0.3 is 0 Å². The number of nitrogens with zero attached hydrogens (tertiary/aromatic N) is 1. The minimum atomic E-state index is -0.712. The predicted octanol–water partition coefficient (Wildman–Crippen LogP) is 0.0410. The normalized spacial score (nSPS) is 42.2. The molecule has 1 N–H and O–H groups in total. The summed E-state index contributed by atoms with van der Waals surface area (Å²) >= 11 is 1.73. The lowest BCUT2D eigenvalue weighted by atomic mass is 10.1. The van der Waals surface area contributed by atoms with Gasteiger partial charge in [-0.3, -0.25) is 4.79 Å². The van der Waals surface area contributed by atoms with Crippen molar-refractivity contribution in [1.82, 2.24) is 4.90 Å². The number of hydrogen-bond acceptors (Lipinski definition) is 3. The lowest BCUT2D eigenvalue weighted by molar-refractivity contribution is -0.157. The molecular formula is C7H11NO2S. The highest BCUT2D eigenvalue weighted by Gasteiger charge is 2.52. The summed E-state index contributed by atoms with van der Waals surface area (Å²) in [6.45, 7) is 2.95. The van der Waals surface area contributed by atoms with Gasteiger partial charge in [0, 0.05) is 11.8 Å². The lowest BCUT2D eigenvalue weighted by Gasteiger charge is -2.37. The Labute approximate surface area is 69.8 Å². The fraction of sp³-hybridized carbons (Fsp3) is 0.857. The van der Waals surface area contributed by atoms with Crippen LogP contribution < -0.4 is 0 Å². The zero-order chi connectivity index (χ0) is 8.01. The average molecular weight is 173 g/mol. The van der Waals surface area contributed by atoms with Crippen LogP contribution in [0.15, 0.2) is 0 Å². The number of carbonyl (C=O) groups excluding carboxylic acids is 1. The van der Waals surface area contributed by atoms with E-state index in [1.54, 1.807) is 16.7 Å². The zero-order valence-corrected chi connectivity index (χ0v) is 7.17. The molecule has 0 radical (unpaired) electrons. The number of aliphatic hydroxyl groups excluding tert-OH is 1. The van der Waals surface area contributed by atoms with Crippen molar-refractivity contribution >= 4 is 17.7 Å². The van der Waals surface area contributed by atoms with E-state index in [1.165, 1.54) is 0 Å². The van der Waals surface area contributed by atoms with Crippen molar-refractivity contribution in [1.29, 1.82) is 0 Å². The number of hydrogen-bond donors (Lipinski definition) is 1. The van der Waals surface area contributed by atoms with Crippen LogP contribution in [0.5, 0.6) is 0 Å². The second-order valence-corrected chi connectivity index (χ2v) is 4.41. The van der Waals surface area contributed by atoms with Crippen LogP contribution in [0.1, 0.15) is 13.3 Å². The molecule has 2 unspecified atom stereocenters. The van der Waals surface area contributed by atoms with Crippen LogP contribution in [0.2, 0.25) is 0 Å². The molecule has 4 heteroatoms. The summed E-state index contributed by atoms with van der Waals surface area (Å²) in [6.07, 6.45) is 0.369. The van der Waals surface area contributed by atoms with E-state index in [4.69, 9.17) is 0 Å². The van der Waals surface area contributed by atoms with Gasteiger partial charge in [-0.25, -0.2) is 0 Å². The number of β-lactam (4-membered cyclic amide) rings is 1. The molecule has 2 saturated heterocycles. The zero-order valence-electron chi connectivity index (χ0n) is 6.36. The van der Waals surface area contributed by atoms with Gasteiger partial charge in [0.1, 0.15) is 5.37 Å². The molecule has 3 nitrogen and oxygen atoms in total. The van der Waals surface area contributed by atoms with E-state index in [2.05, 4.69) is 6.92 Å². The Morgan fingerprint density at radius 1 is 1.82 bits per heavy atom. The van der Waals surface area contributed by atoms with Gasteiger partial charge in [-0.2, -0.15) is 0 Å². The van der Waals surface area contributed by atoms with Gasteiger partial charge in [-0.1, -0.05) is 6.92 Å². The molecular weight excluding hydrogens is 162 g/mol. The highest BCUT2D eigenvalue weighted by atomic mass is 32.2. The molecule has 0 aromatic rings. The predicted molar refractivity (Wildman–Crippen MR) is 43.2 cm³/mol. The summed E-state index contributed by atoms with van der Waals surface area (Å²) in [6, 6.07) is 0. The first kappa shape index (κ1) is 7.43. The third-order valence-electron chi connectivity index (χ3n) is 2.30. The Morgan fingerprint density at radius 2 is 2.55 bits per heavy atom. The topological polar surface area (TPSA) is 40.5 Å². The third kappa shape index (κ3) is 0.891. The van der Waals surface area contributed by atoms with E-state index in [1.807, 2.05) is 0 Å². The quantitative estimate of drug-likeness (QED) is 0.569. The van der Waals surface area contributed by atoms with Crippen LogP contribution in [0.25, 0.3) is 0 Å². The molecule has 2 aliphatic heterocycles. The smallest absolute Gasteiger partial charge is 0.255 e. The van der Waals surface area contributed by atoms with Crippen molar-refractivity contribution in [3.05, 3.63) is 0 Å². The molecule has 2 aliphatic rings. The van der Waals surface area contributed by atoms with E-state index < -0.39 is 6.10 Å². The average Bonchev–Trinajstić information content (AvgIpc) is 2.43.